The maximum absolute atomic E-state index is 11.1. The third-order valence-electron chi connectivity index (χ3n) is 2.33. The molecule has 18 heavy (non-hydrogen) atoms. The zero-order valence-corrected chi connectivity index (χ0v) is 11.8. The molecule has 7 heteroatoms. The van der Waals surface area contributed by atoms with Gasteiger partial charge in [-0.3, -0.25) is 4.79 Å². The Bertz CT molecular complexity index is 437. The minimum Gasteiger partial charge on any atom is -0.468 e. The number of anilines is 1. The Hall–Kier alpha value is -1.34. The number of rotatable bonds is 5. The quantitative estimate of drug-likeness (QED) is 0.275. The third kappa shape index (κ3) is 3.58. The summed E-state index contributed by atoms with van der Waals surface area (Å²) in [6.45, 7) is 5.86. The van der Waals surface area contributed by atoms with Crippen molar-refractivity contribution in [3.8, 4) is 0 Å². The van der Waals surface area contributed by atoms with Gasteiger partial charge < -0.3 is 10.2 Å². The molecule has 1 aromatic rings. The van der Waals surface area contributed by atoms with Gasteiger partial charge in [-0.1, -0.05) is 25.6 Å². The molecule has 0 saturated carbocycles. The van der Waals surface area contributed by atoms with Crippen molar-refractivity contribution in [3.05, 3.63) is 11.4 Å². The number of nitrogen functional groups attached to an aromatic ring is 1. The Morgan fingerprint density at radius 1 is 1.50 bits per heavy atom. The average molecular weight is 270 g/mol. The van der Waals surface area contributed by atoms with Gasteiger partial charge in [0.05, 0.1) is 12.9 Å². The fraction of sp³-hybridized carbons (Fsp3) is 0.545. The van der Waals surface area contributed by atoms with E-state index in [-0.39, 0.29) is 17.6 Å². The first-order valence-corrected chi connectivity index (χ1v) is 6.52. The van der Waals surface area contributed by atoms with Crippen LogP contribution in [0.4, 0.5) is 5.82 Å². The van der Waals surface area contributed by atoms with Crippen LogP contribution in [0, 0.1) is 6.92 Å². The van der Waals surface area contributed by atoms with Gasteiger partial charge >= 0.3 is 5.97 Å². The monoisotopic (exact) mass is 270 g/mol. The number of thioether (sulfide) groups is 1. The first-order valence-electron chi connectivity index (χ1n) is 5.54. The van der Waals surface area contributed by atoms with E-state index in [9.17, 15) is 4.79 Å². The summed E-state index contributed by atoms with van der Waals surface area (Å²) in [6.07, 6.45) is 0. The number of nitrogens with zero attached hydrogens (tertiary/aromatic N) is 2. The maximum atomic E-state index is 11.1. The van der Waals surface area contributed by atoms with Gasteiger partial charge in [0.2, 0.25) is 0 Å². The lowest BCUT2D eigenvalue weighted by molar-refractivity contribution is -0.137. The molecule has 0 fully saturated rings. The SMILES string of the molecule is COC(=O)CSc1nc(C(C)C)nc(NN)c1C. The Balaban J connectivity index is 3.01. The van der Waals surface area contributed by atoms with Crippen molar-refractivity contribution in [2.75, 3.05) is 18.3 Å². The minimum absolute atomic E-state index is 0.190. The molecular weight excluding hydrogens is 252 g/mol. The molecule has 0 unspecified atom stereocenters. The van der Waals surface area contributed by atoms with E-state index in [1.807, 2.05) is 20.8 Å². The standard InChI is InChI=1S/C11H18N4O2S/c1-6(2)9-13-10(15-12)7(3)11(14-9)18-5-8(16)17-4/h6H,5,12H2,1-4H3,(H,13,14,15). The van der Waals surface area contributed by atoms with Crippen LogP contribution in [0.15, 0.2) is 5.03 Å². The summed E-state index contributed by atoms with van der Waals surface area (Å²) in [4.78, 5) is 19.9. The highest BCUT2D eigenvalue weighted by molar-refractivity contribution is 7.99. The predicted octanol–water partition coefficient (Wildman–Crippen LogP) is 1.46. The van der Waals surface area contributed by atoms with E-state index < -0.39 is 0 Å². The number of ether oxygens (including phenoxy) is 1. The van der Waals surface area contributed by atoms with Gasteiger partial charge in [0.15, 0.2) is 0 Å². The molecule has 0 atom stereocenters. The van der Waals surface area contributed by atoms with E-state index >= 15 is 0 Å². The summed E-state index contributed by atoms with van der Waals surface area (Å²) in [7, 11) is 1.36. The molecule has 3 N–H and O–H groups in total. The lowest BCUT2D eigenvalue weighted by Gasteiger charge is -2.12. The lowest BCUT2D eigenvalue weighted by Crippen LogP contribution is -2.14. The van der Waals surface area contributed by atoms with E-state index in [1.165, 1.54) is 18.9 Å². The molecule has 0 aliphatic heterocycles. The number of methoxy groups -OCH3 is 1. The molecule has 0 aliphatic carbocycles. The number of aromatic nitrogens is 2. The first-order chi connectivity index (χ1) is 8.49. The van der Waals surface area contributed by atoms with Gasteiger partial charge in [-0.05, 0) is 6.92 Å². The highest BCUT2D eigenvalue weighted by atomic mass is 32.2. The van der Waals surface area contributed by atoms with Gasteiger partial charge in [0.1, 0.15) is 16.7 Å². The van der Waals surface area contributed by atoms with Crippen molar-refractivity contribution in [3.63, 3.8) is 0 Å². The van der Waals surface area contributed by atoms with Crippen LogP contribution >= 0.6 is 11.8 Å². The molecule has 0 spiro atoms. The molecule has 0 radical (unpaired) electrons. The van der Waals surface area contributed by atoms with Crippen LogP contribution < -0.4 is 11.3 Å². The van der Waals surface area contributed by atoms with Crippen LogP contribution in [0.25, 0.3) is 0 Å². The fourth-order valence-corrected chi connectivity index (χ4v) is 2.08. The normalized spacial score (nSPS) is 10.6. The summed E-state index contributed by atoms with van der Waals surface area (Å²) in [5.41, 5.74) is 3.38. The largest absolute Gasteiger partial charge is 0.468 e. The zero-order chi connectivity index (χ0) is 13.7. The van der Waals surface area contributed by atoms with E-state index in [2.05, 4.69) is 20.1 Å². The van der Waals surface area contributed by atoms with E-state index in [1.54, 1.807) is 0 Å². The second kappa shape index (κ2) is 6.55. The number of carbonyl (C=O) groups excluding carboxylic acids is 1. The summed E-state index contributed by atoms with van der Waals surface area (Å²) < 4.78 is 4.60. The van der Waals surface area contributed by atoms with Crippen LogP contribution in [0.5, 0.6) is 0 Å². The fourth-order valence-electron chi connectivity index (χ4n) is 1.24. The van der Waals surface area contributed by atoms with Crippen molar-refractivity contribution in [1.82, 2.24) is 9.97 Å². The first kappa shape index (κ1) is 14.7. The van der Waals surface area contributed by atoms with Gasteiger partial charge in [0, 0.05) is 11.5 Å². The molecule has 1 heterocycles. The number of hydrogen-bond acceptors (Lipinski definition) is 7. The molecular formula is C11H18N4O2S. The maximum Gasteiger partial charge on any atom is 0.316 e. The van der Waals surface area contributed by atoms with Crippen molar-refractivity contribution in [2.45, 2.75) is 31.7 Å². The Morgan fingerprint density at radius 2 is 2.17 bits per heavy atom. The van der Waals surface area contributed by atoms with Gasteiger partial charge in [0.25, 0.3) is 0 Å². The second-order valence-electron chi connectivity index (χ2n) is 4.02. The molecule has 0 aromatic carbocycles. The Morgan fingerprint density at radius 3 is 2.67 bits per heavy atom. The molecule has 0 amide bonds. The van der Waals surface area contributed by atoms with Crippen LogP contribution in [-0.2, 0) is 9.53 Å². The van der Waals surface area contributed by atoms with E-state index in [0.717, 1.165) is 10.6 Å². The van der Waals surface area contributed by atoms with Crippen LogP contribution in [0.3, 0.4) is 0 Å². The average Bonchev–Trinajstić information content (AvgIpc) is 2.36. The molecule has 100 valence electrons. The predicted molar refractivity (Wildman–Crippen MR) is 71.4 cm³/mol. The molecule has 0 aliphatic rings. The molecule has 1 aromatic heterocycles. The molecule has 6 nitrogen and oxygen atoms in total. The van der Waals surface area contributed by atoms with Crippen molar-refractivity contribution in [2.24, 2.45) is 5.84 Å². The van der Waals surface area contributed by atoms with Crippen molar-refractivity contribution < 1.29 is 9.53 Å². The summed E-state index contributed by atoms with van der Waals surface area (Å²) in [5, 5.41) is 0.743. The topological polar surface area (TPSA) is 90.1 Å². The number of carbonyl (C=O) groups is 1. The highest BCUT2D eigenvalue weighted by Crippen LogP contribution is 2.26. The van der Waals surface area contributed by atoms with E-state index in [0.29, 0.717) is 11.6 Å². The molecule has 0 bridgehead atoms. The smallest absolute Gasteiger partial charge is 0.316 e. The summed E-state index contributed by atoms with van der Waals surface area (Å²) in [6, 6.07) is 0. The molecule has 1 rings (SSSR count). The van der Waals surface area contributed by atoms with Gasteiger partial charge in [-0.2, -0.15) is 0 Å². The van der Waals surface area contributed by atoms with Crippen molar-refractivity contribution in [1.29, 1.82) is 0 Å². The highest BCUT2D eigenvalue weighted by Gasteiger charge is 2.14. The van der Waals surface area contributed by atoms with Gasteiger partial charge in [-0.15, -0.1) is 0 Å². The number of hydrogen-bond donors (Lipinski definition) is 2. The summed E-state index contributed by atoms with van der Waals surface area (Å²) >= 11 is 1.32. The van der Waals surface area contributed by atoms with E-state index in [4.69, 9.17) is 5.84 Å². The zero-order valence-electron chi connectivity index (χ0n) is 11.0. The van der Waals surface area contributed by atoms with Crippen LogP contribution in [0.1, 0.15) is 31.2 Å². The van der Waals surface area contributed by atoms with Crippen LogP contribution in [0.2, 0.25) is 0 Å². The lowest BCUT2D eigenvalue weighted by atomic mass is 10.2. The third-order valence-corrected chi connectivity index (χ3v) is 3.38. The Labute approximate surface area is 111 Å². The number of hydrazine groups is 1. The van der Waals surface area contributed by atoms with Gasteiger partial charge in [-0.25, -0.2) is 15.8 Å². The Kier molecular flexibility index (Phi) is 5.36. The van der Waals surface area contributed by atoms with Crippen LogP contribution in [-0.4, -0.2) is 28.8 Å². The number of nitrogens with two attached hydrogens (primary N) is 1. The number of esters is 1. The second-order valence-corrected chi connectivity index (χ2v) is 4.99. The number of nitrogens with one attached hydrogen (secondary N) is 1. The van der Waals surface area contributed by atoms with Crippen molar-refractivity contribution >= 4 is 23.5 Å². The molecule has 0 saturated heterocycles. The minimum atomic E-state index is -0.286. The summed E-state index contributed by atoms with van der Waals surface area (Å²) in [5.74, 6) is 6.83.